The molecule has 3 aromatic heterocycles. The Bertz CT molecular complexity index is 1420. The Hall–Kier alpha value is -3.76. The number of hydrogen-bond donors (Lipinski definition) is 1. The van der Waals surface area contributed by atoms with Gasteiger partial charge in [0, 0.05) is 55.9 Å². The van der Waals surface area contributed by atoms with Gasteiger partial charge in [0.25, 0.3) is 5.91 Å². The molecule has 1 fully saturated rings. The second kappa shape index (κ2) is 9.71. The maximum atomic E-state index is 14.3. The first-order valence-corrected chi connectivity index (χ1v) is 11.6. The molecule has 9 nitrogen and oxygen atoms in total. The van der Waals surface area contributed by atoms with Crippen LogP contribution in [0.4, 0.5) is 16.0 Å². The van der Waals surface area contributed by atoms with Crippen molar-refractivity contribution in [1.29, 1.82) is 0 Å². The average Bonchev–Trinajstić information content (AvgIpc) is 3.20. The average molecular weight is 510 g/mol. The number of anilines is 2. The fraction of sp³-hybridized carbons (Fsp3) is 0.280. The van der Waals surface area contributed by atoms with Gasteiger partial charge >= 0.3 is 0 Å². The first-order chi connectivity index (χ1) is 17.1. The van der Waals surface area contributed by atoms with Gasteiger partial charge in [0.2, 0.25) is 5.95 Å². The van der Waals surface area contributed by atoms with E-state index in [1.807, 2.05) is 42.0 Å². The second-order valence-electron chi connectivity index (χ2n) is 8.66. The Morgan fingerprint density at radius 1 is 1.08 bits per heavy atom. The van der Waals surface area contributed by atoms with Crippen LogP contribution in [0.25, 0.3) is 16.8 Å². The largest absolute Gasteiger partial charge is 0.478 e. The zero-order valence-electron chi connectivity index (χ0n) is 19.6. The second-order valence-corrected chi connectivity index (χ2v) is 8.66. The van der Waals surface area contributed by atoms with Crippen LogP contribution in [0.3, 0.4) is 0 Å². The molecule has 0 saturated carbocycles. The van der Waals surface area contributed by atoms with Crippen molar-refractivity contribution in [3.8, 4) is 16.9 Å². The number of piperazine rings is 1. The van der Waals surface area contributed by atoms with E-state index in [2.05, 4.69) is 25.2 Å². The summed E-state index contributed by atoms with van der Waals surface area (Å²) in [5, 5.41) is 3.33. The van der Waals surface area contributed by atoms with Crippen LogP contribution in [0.5, 0.6) is 5.75 Å². The van der Waals surface area contributed by atoms with Crippen molar-refractivity contribution >= 4 is 35.6 Å². The molecule has 0 bridgehead atoms. The summed E-state index contributed by atoms with van der Waals surface area (Å²) in [6, 6.07) is 8.52. The minimum atomic E-state index is -0.485. The number of para-hydroxylation sites is 1. The topological polar surface area (TPSA) is 87.9 Å². The number of amides is 1. The number of carbonyl (C=O) groups is 1. The molecule has 11 heteroatoms. The summed E-state index contributed by atoms with van der Waals surface area (Å²) in [5.41, 5.74) is 4.64. The quantitative estimate of drug-likeness (QED) is 0.452. The van der Waals surface area contributed by atoms with Crippen LogP contribution < -0.4 is 19.9 Å². The molecule has 1 saturated heterocycles. The summed E-state index contributed by atoms with van der Waals surface area (Å²) >= 11 is 0. The van der Waals surface area contributed by atoms with Gasteiger partial charge in [-0.2, -0.15) is 0 Å². The molecule has 0 unspecified atom stereocenters. The Morgan fingerprint density at radius 3 is 2.64 bits per heavy atom. The smallest absolute Gasteiger partial charge is 0.265 e. The van der Waals surface area contributed by atoms with Crippen molar-refractivity contribution in [2.75, 3.05) is 42.6 Å². The number of benzene rings is 1. The van der Waals surface area contributed by atoms with Crippen LogP contribution >= 0.6 is 12.4 Å². The normalized spacial score (nSPS) is 15.4. The van der Waals surface area contributed by atoms with E-state index in [9.17, 15) is 9.18 Å². The highest BCUT2D eigenvalue weighted by molar-refractivity contribution is 5.97. The summed E-state index contributed by atoms with van der Waals surface area (Å²) in [4.78, 5) is 30.3. The monoisotopic (exact) mass is 509 g/mol. The van der Waals surface area contributed by atoms with E-state index in [4.69, 9.17) is 4.74 Å². The van der Waals surface area contributed by atoms with E-state index in [0.29, 0.717) is 5.69 Å². The van der Waals surface area contributed by atoms with Crippen LogP contribution in [0.1, 0.15) is 11.4 Å². The standard InChI is InChI=1S/C25H24FN7O2.ClH/c1-16-21(14-33-20-4-2-3-19(26)24(20)35-15-23(33)34)32-13-17(5-6-22(32)30-16)18-11-28-25(29-12-18)31-9-7-27-8-10-31;/h2-6,11-13,27H,7-10,14-15H2,1H3;1H. The number of pyridine rings is 1. The van der Waals surface area contributed by atoms with Crippen LogP contribution in [-0.2, 0) is 11.3 Å². The zero-order chi connectivity index (χ0) is 23.9. The number of imidazole rings is 1. The molecule has 186 valence electrons. The Balaban J connectivity index is 0.00000267. The van der Waals surface area contributed by atoms with Crippen molar-refractivity contribution < 1.29 is 13.9 Å². The van der Waals surface area contributed by atoms with E-state index < -0.39 is 5.82 Å². The van der Waals surface area contributed by atoms with Gasteiger partial charge in [0.05, 0.1) is 23.6 Å². The van der Waals surface area contributed by atoms with E-state index in [1.54, 1.807) is 17.0 Å². The summed E-state index contributed by atoms with van der Waals surface area (Å²) in [6.45, 7) is 5.57. The van der Waals surface area contributed by atoms with Crippen LogP contribution in [0.15, 0.2) is 48.9 Å². The Kier molecular flexibility index (Phi) is 6.46. The van der Waals surface area contributed by atoms with Crippen molar-refractivity contribution in [3.63, 3.8) is 0 Å². The third-order valence-corrected chi connectivity index (χ3v) is 6.47. The molecule has 0 atom stereocenters. The van der Waals surface area contributed by atoms with Crippen LogP contribution in [0, 0.1) is 12.7 Å². The predicted molar refractivity (Wildman–Crippen MR) is 136 cm³/mol. The minimum Gasteiger partial charge on any atom is -0.478 e. The van der Waals surface area contributed by atoms with Crippen molar-refractivity contribution in [2.24, 2.45) is 0 Å². The molecule has 2 aliphatic heterocycles. The molecular formula is C25H25ClFN7O2. The van der Waals surface area contributed by atoms with Crippen LogP contribution in [-0.4, -0.2) is 58.0 Å². The zero-order valence-corrected chi connectivity index (χ0v) is 20.5. The highest BCUT2D eigenvalue weighted by Crippen LogP contribution is 2.35. The lowest BCUT2D eigenvalue weighted by atomic mass is 10.1. The molecule has 36 heavy (non-hydrogen) atoms. The summed E-state index contributed by atoms with van der Waals surface area (Å²) in [5.74, 6) is 0.111. The van der Waals surface area contributed by atoms with Crippen molar-refractivity contribution in [3.05, 3.63) is 66.1 Å². The molecule has 1 N–H and O–H groups in total. The van der Waals surface area contributed by atoms with Gasteiger partial charge in [-0.1, -0.05) is 6.07 Å². The lowest BCUT2D eigenvalue weighted by molar-refractivity contribution is -0.121. The molecule has 0 spiro atoms. The SMILES string of the molecule is Cc1nc2ccc(-c3cnc(N4CCNCC4)nc3)cn2c1CN1C(=O)COc2c(F)cccc21.Cl. The molecule has 1 amide bonds. The number of nitrogens with one attached hydrogen (secondary N) is 1. The van der Waals surface area contributed by atoms with Gasteiger partial charge in [-0.25, -0.2) is 19.3 Å². The van der Waals surface area contributed by atoms with Crippen LogP contribution in [0.2, 0.25) is 0 Å². The van der Waals surface area contributed by atoms with E-state index in [-0.39, 0.29) is 37.2 Å². The Morgan fingerprint density at radius 2 is 1.86 bits per heavy atom. The van der Waals surface area contributed by atoms with Gasteiger partial charge in [-0.15, -0.1) is 12.4 Å². The molecule has 2 aliphatic rings. The highest BCUT2D eigenvalue weighted by Gasteiger charge is 2.29. The molecular weight excluding hydrogens is 485 g/mol. The number of carbonyl (C=O) groups excluding carboxylic acids is 1. The molecule has 0 radical (unpaired) electrons. The first kappa shape index (κ1) is 24.0. The fourth-order valence-electron chi connectivity index (χ4n) is 4.59. The van der Waals surface area contributed by atoms with Gasteiger partial charge in [-0.05, 0) is 31.2 Å². The number of ether oxygens (including phenoxy) is 1. The highest BCUT2D eigenvalue weighted by atomic mass is 35.5. The predicted octanol–water partition coefficient (Wildman–Crippen LogP) is 3.00. The third-order valence-electron chi connectivity index (χ3n) is 6.47. The van der Waals surface area contributed by atoms with Gasteiger partial charge in [0.1, 0.15) is 5.65 Å². The Labute approximate surface area is 213 Å². The molecule has 5 heterocycles. The van der Waals surface area contributed by atoms with E-state index in [1.165, 1.54) is 6.07 Å². The maximum absolute atomic E-state index is 14.3. The summed E-state index contributed by atoms with van der Waals surface area (Å²) in [7, 11) is 0. The van der Waals surface area contributed by atoms with Crippen molar-refractivity contribution in [2.45, 2.75) is 13.5 Å². The third kappa shape index (κ3) is 4.22. The molecule has 4 aromatic rings. The number of rotatable bonds is 4. The molecule has 6 rings (SSSR count). The van der Waals surface area contributed by atoms with E-state index >= 15 is 0 Å². The van der Waals surface area contributed by atoms with E-state index in [0.717, 1.165) is 60.3 Å². The summed E-state index contributed by atoms with van der Waals surface area (Å²) < 4.78 is 21.6. The number of hydrogen-bond acceptors (Lipinski definition) is 7. The number of aryl methyl sites for hydroxylation is 1. The lowest BCUT2D eigenvalue weighted by Crippen LogP contribution is -2.44. The summed E-state index contributed by atoms with van der Waals surface area (Å²) in [6.07, 6.45) is 5.64. The van der Waals surface area contributed by atoms with Crippen molar-refractivity contribution in [1.82, 2.24) is 24.7 Å². The van der Waals surface area contributed by atoms with Gasteiger partial charge in [0.15, 0.2) is 18.2 Å². The molecule has 0 aliphatic carbocycles. The van der Waals surface area contributed by atoms with Gasteiger partial charge < -0.3 is 19.4 Å². The maximum Gasteiger partial charge on any atom is 0.265 e. The first-order valence-electron chi connectivity index (χ1n) is 11.6. The molecule has 1 aromatic carbocycles. The minimum absolute atomic E-state index is 0. The number of nitrogens with zero attached hydrogens (tertiary/aromatic N) is 6. The number of halogens is 2. The lowest BCUT2D eigenvalue weighted by Gasteiger charge is -2.29. The van der Waals surface area contributed by atoms with Gasteiger partial charge in [-0.3, -0.25) is 9.69 Å². The fourth-order valence-corrected chi connectivity index (χ4v) is 4.59. The number of aromatic nitrogens is 4. The number of fused-ring (bicyclic) bond motifs is 2.